The second kappa shape index (κ2) is 3.32. The van der Waals surface area contributed by atoms with Crippen LogP contribution in [0, 0.1) is 5.92 Å². The first-order valence-electron chi connectivity index (χ1n) is 4.76. The largest absolute Gasteiger partial charge is 0.391 e. The molecule has 0 saturated heterocycles. The van der Waals surface area contributed by atoms with Crippen molar-refractivity contribution in [2.24, 2.45) is 5.92 Å². The van der Waals surface area contributed by atoms with E-state index in [4.69, 9.17) is 5.73 Å². The molecule has 1 fully saturated rings. The lowest BCUT2D eigenvalue weighted by Gasteiger charge is -2.33. The minimum Gasteiger partial charge on any atom is -0.391 e. The van der Waals surface area contributed by atoms with Gasteiger partial charge in [-0.3, -0.25) is 4.79 Å². The zero-order valence-corrected chi connectivity index (χ0v) is 8.08. The van der Waals surface area contributed by atoms with Gasteiger partial charge < -0.3 is 16.0 Å². The summed E-state index contributed by atoms with van der Waals surface area (Å²) in [6.07, 6.45) is 3.60. The first-order valence-corrected chi connectivity index (χ1v) is 4.76. The molecule has 1 saturated carbocycles. The zero-order chi connectivity index (χ0) is 10.1. The molecule has 4 N–H and O–H groups in total. The van der Waals surface area contributed by atoms with Crippen molar-refractivity contribution in [2.75, 3.05) is 11.1 Å². The van der Waals surface area contributed by atoms with Crippen molar-refractivity contribution in [3.8, 4) is 0 Å². The number of nitrogen functional groups attached to an aromatic ring is 1. The monoisotopic (exact) mass is 194 g/mol. The second-order valence-corrected chi connectivity index (χ2v) is 3.91. The van der Waals surface area contributed by atoms with E-state index in [0.717, 1.165) is 18.8 Å². The lowest BCUT2D eigenvalue weighted by Crippen LogP contribution is -2.35. The van der Waals surface area contributed by atoms with Crippen LogP contribution in [0.1, 0.15) is 19.8 Å². The van der Waals surface area contributed by atoms with Gasteiger partial charge in [0, 0.05) is 6.04 Å². The van der Waals surface area contributed by atoms with Crippen LogP contribution in [0.5, 0.6) is 0 Å². The third-order valence-electron chi connectivity index (χ3n) is 2.60. The van der Waals surface area contributed by atoms with Crippen molar-refractivity contribution < 1.29 is 0 Å². The summed E-state index contributed by atoms with van der Waals surface area (Å²) in [6, 6.07) is 0.418. The summed E-state index contributed by atoms with van der Waals surface area (Å²) in [5, 5.41) is 3.16. The summed E-state index contributed by atoms with van der Waals surface area (Å²) >= 11 is 0. The normalized spacial score (nSPS) is 25.5. The number of rotatable bonds is 2. The Kier molecular flexibility index (Phi) is 2.15. The first-order chi connectivity index (χ1) is 6.66. The predicted octanol–water partition coefficient (Wildman–Crippen LogP) is 0.562. The highest BCUT2D eigenvalue weighted by atomic mass is 16.1. The molecule has 76 valence electrons. The topological polar surface area (TPSA) is 83.8 Å². The summed E-state index contributed by atoms with van der Waals surface area (Å²) in [5.41, 5.74) is 5.47. The summed E-state index contributed by atoms with van der Waals surface area (Å²) in [6.45, 7) is 2.20. The third-order valence-corrected chi connectivity index (χ3v) is 2.60. The van der Waals surface area contributed by atoms with Crippen LogP contribution >= 0.6 is 0 Å². The van der Waals surface area contributed by atoms with Crippen LogP contribution in [0.15, 0.2) is 11.1 Å². The average molecular weight is 194 g/mol. The van der Waals surface area contributed by atoms with Crippen LogP contribution in [0.3, 0.4) is 0 Å². The fraction of sp³-hybridized carbons (Fsp3) is 0.556. The van der Waals surface area contributed by atoms with Gasteiger partial charge in [-0.05, 0) is 18.8 Å². The minimum absolute atomic E-state index is 0.173. The van der Waals surface area contributed by atoms with E-state index < -0.39 is 0 Å². The molecule has 1 aliphatic carbocycles. The number of hydrogen-bond donors (Lipinski definition) is 3. The molecule has 5 nitrogen and oxygen atoms in total. The molecule has 0 atom stereocenters. The first kappa shape index (κ1) is 9.05. The molecule has 5 heteroatoms. The molecule has 1 aliphatic rings. The fourth-order valence-electron chi connectivity index (χ4n) is 1.74. The van der Waals surface area contributed by atoms with Crippen molar-refractivity contribution in [3.05, 3.63) is 16.7 Å². The Bertz CT molecular complexity index is 381. The number of nitrogens with one attached hydrogen (secondary N) is 2. The van der Waals surface area contributed by atoms with Gasteiger partial charge >= 0.3 is 0 Å². The lowest BCUT2D eigenvalue weighted by molar-refractivity contribution is 0.308. The van der Waals surface area contributed by atoms with Crippen LogP contribution in [0.2, 0.25) is 0 Å². The molecular weight excluding hydrogens is 180 g/mol. The molecule has 14 heavy (non-hydrogen) atoms. The highest BCUT2D eigenvalue weighted by Crippen LogP contribution is 2.29. The zero-order valence-electron chi connectivity index (χ0n) is 8.08. The van der Waals surface area contributed by atoms with E-state index in [1.54, 1.807) is 0 Å². The van der Waals surface area contributed by atoms with Gasteiger partial charge in [0.05, 0.1) is 6.33 Å². The van der Waals surface area contributed by atoms with Gasteiger partial charge in [0.1, 0.15) is 5.69 Å². The summed E-state index contributed by atoms with van der Waals surface area (Å²) in [4.78, 5) is 17.6. The molecule has 1 aromatic rings. The van der Waals surface area contributed by atoms with E-state index in [-0.39, 0.29) is 11.2 Å². The van der Waals surface area contributed by atoms with E-state index in [0.29, 0.717) is 11.9 Å². The molecule has 2 rings (SSSR count). The lowest BCUT2D eigenvalue weighted by atomic mass is 9.82. The fourth-order valence-corrected chi connectivity index (χ4v) is 1.74. The van der Waals surface area contributed by atoms with Gasteiger partial charge in [-0.25, -0.2) is 4.98 Å². The van der Waals surface area contributed by atoms with Gasteiger partial charge in [0.25, 0.3) is 5.56 Å². The van der Waals surface area contributed by atoms with E-state index in [9.17, 15) is 4.79 Å². The maximum atomic E-state index is 11.1. The van der Waals surface area contributed by atoms with Gasteiger partial charge in [-0.2, -0.15) is 0 Å². The maximum absolute atomic E-state index is 11.1. The van der Waals surface area contributed by atoms with Crippen LogP contribution in [0.25, 0.3) is 0 Å². The number of anilines is 2. The molecule has 0 unspecified atom stereocenters. The number of nitrogens with two attached hydrogens (primary N) is 1. The highest BCUT2D eigenvalue weighted by molar-refractivity contribution is 5.59. The van der Waals surface area contributed by atoms with Crippen molar-refractivity contribution in [1.29, 1.82) is 0 Å². The van der Waals surface area contributed by atoms with E-state index >= 15 is 0 Å². The SMILES string of the molecule is CC1CC(Nc2nc[nH]c(=O)c2N)C1. The van der Waals surface area contributed by atoms with Crippen LogP contribution in [0.4, 0.5) is 11.5 Å². The van der Waals surface area contributed by atoms with Crippen molar-refractivity contribution in [1.82, 2.24) is 9.97 Å². The van der Waals surface area contributed by atoms with Crippen molar-refractivity contribution >= 4 is 11.5 Å². The highest BCUT2D eigenvalue weighted by Gasteiger charge is 2.25. The van der Waals surface area contributed by atoms with Crippen molar-refractivity contribution in [3.63, 3.8) is 0 Å². The van der Waals surface area contributed by atoms with Crippen molar-refractivity contribution in [2.45, 2.75) is 25.8 Å². The van der Waals surface area contributed by atoms with Crippen LogP contribution in [-0.4, -0.2) is 16.0 Å². The summed E-state index contributed by atoms with van der Waals surface area (Å²) in [5.74, 6) is 1.27. The number of aromatic nitrogens is 2. The number of hydrogen-bond acceptors (Lipinski definition) is 4. The molecule has 1 aromatic heterocycles. The molecular formula is C9H14N4O. The van der Waals surface area contributed by atoms with Gasteiger partial charge in [0.15, 0.2) is 5.82 Å². The number of nitrogens with zero attached hydrogens (tertiary/aromatic N) is 1. The smallest absolute Gasteiger partial charge is 0.276 e. The average Bonchev–Trinajstić information content (AvgIpc) is 2.10. The molecule has 0 aliphatic heterocycles. The molecule has 0 radical (unpaired) electrons. The summed E-state index contributed by atoms with van der Waals surface area (Å²) in [7, 11) is 0. The molecule has 1 heterocycles. The number of H-pyrrole nitrogens is 1. The van der Waals surface area contributed by atoms with E-state index in [1.807, 2.05) is 0 Å². The second-order valence-electron chi connectivity index (χ2n) is 3.91. The van der Waals surface area contributed by atoms with Gasteiger partial charge in [-0.1, -0.05) is 6.92 Å². The molecule has 0 bridgehead atoms. The van der Waals surface area contributed by atoms with Crippen LogP contribution in [-0.2, 0) is 0 Å². The molecule has 0 spiro atoms. The molecule has 0 amide bonds. The molecule has 0 aromatic carbocycles. The maximum Gasteiger partial charge on any atom is 0.276 e. The standard InChI is InChI=1S/C9H14N4O/c1-5-2-6(3-5)13-8-7(10)9(14)12-4-11-8/h4-6H,2-3,10H2,1H3,(H2,11,12,13,14). The Morgan fingerprint density at radius 1 is 1.64 bits per heavy atom. The van der Waals surface area contributed by atoms with Gasteiger partial charge in [-0.15, -0.1) is 0 Å². The van der Waals surface area contributed by atoms with Crippen LogP contribution < -0.4 is 16.6 Å². The quantitative estimate of drug-likeness (QED) is 0.642. The van der Waals surface area contributed by atoms with Gasteiger partial charge in [0.2, 0.25) is 0 Å². The van der Waals surface area contributed by atoms with E-state index in [1.165, 1.54) is 6.33 Å². The minimum atomic E-state index is -0.283. The number of aromatic amines is 1. The third kappa shape index (κ3) is 1.57. The predicted molar refractivity (Wildman–Crippen MR) is 55.1 cm³/mol. The Morgan fingerprint density at radius 3 is 3.00 bits per heavy atom. The Labute approximate surface area is 81.7 Å². The Balaban J connectivity index is 2.10. The Morgan fingerprint density at radius 2 is 2.36 bits per heavy atom. The Hall–Kier alpha value is -1.52. The van der Waals surface area contributed by atoms with E-state index in [2.05, 4.69) is 22.2 Å². The summed E-state index contributed by atoms with van der Waals surface area (Å²) < 4.78 is 0.